The molecule has 0 N–H and O–H groups in total. The highest BCUT2D eigenvalue weighted by Crippen LogP contribution is 2.35. The van der Waals surface area contributed by atoms with Gasteiger partial charge in [-0.15, -0.1) is 0 Å². The van der Waals surface area contributed by atoms with Crippen LogP contribution in [0.4, 0.5) is 13.2 Å². The van der Waals surface area contributed by atoms with E-state index >= 15 is 0 Å². The molecular weight excluding hydrogens is 365 g/mol. The van der Waals surface area contributed by atoms with E-state index in [4.69, 9.17) is 9.47 Å². The van der Waals surface area contributed by atoms with Crippen molar-refractivity contribution in [1.82, 2.24) is 0 Å². The topological polar surface area (TPSA) is 21.8 Å². The van der Waals surface area contributed by atoms with Crippen LogP contribution in [-0.4, -0.2) is 6.61 Å². The molecule has 0 aromatic heterocycles. The summed E-state index contributed by atoms with van der Waals surface area (Å²) in [4.78, 5) is 0. The molecule has 1 atom stereocenters. The summed E-state index contributed by atoms with van der Waals surface area (Å²) in [6, 6.07) is 14.9. The molecule has 0 spiro atoms. The Labute approximate surface area is 161 Å². The van der Waals surface area contributed by atoms with E-state index in [1.807, 2.05) is 13.0 Å². The summed E-state index contributed by atoms with van der Waals surface area (Å²) >= 11 is 0. The van der Waals surface area contributed by atoms with Crippen molar-refractivity contribution in [2.45, 2.75) is 26.1 Å². The largest absolute Gasteiger partial charge is 0.486 e. The zero-order valence-electron chi connectivity index (χ0n) is 15.3. The smallest absolute Gasteiger partial charge is 0.167 e. The Morgan fingerprint density at radius 3 is 2.29 bits per heavy atom. The maximum absolute atomic E-state index is 14.4. The van der Waals surface area contributed by atoms with E-state index in [1.54, 1.807) is 42.5 Å². The van der Waals surface area contributed by atoms with E-state index in [0.29, 0.717) is 12.2 Å². The molecular formula is C23H19F3O2. The lowest BCUT2D eigenvalue weighted by Crippen LogP contribution is -1.99. The third-order valence-electron chi connectivity index (χ3n) is 4.86. The molecule has 0 saturated carbocycles. The van der Waals surface area contributed by atoms with Gasteiger partial charge in [0.1, 0.15) is 12.7 Å². The molecule has 0 aliphatic carbocycles. The number of epoxide rings is 1. The lowest BCUT2D eigenvalue weighted by atomic mass is 10.0. The fourth-order valence-corrected chi connectivity index (χ4v) is 3.09. The second-order valence-corrected chi connectivity index (χ2v) is 6.76. The van der Waals surface area contributed by atoms with Crippen LogP contribution in [0.5, 0.6) is 5.75 Å². The molecule has 1 unspecified atom stereocenters. The van der Waals surface area contributed by atoms with Crippen molar-refractivity contribution in [1.29, 1.82) is 0 Å². The highest BCUT2D eigenvalue weighted by molar-refractivity contribution is 5.65. The number of halogens is 3. The Hall–Kier alpha value is -2.79. The second-order valence-electron chi connectivity index (χ2n) is 6.76. The Morgan fingerprint density at radius 1 is 0.929 bits per heavy atom. The molecule has 3 aromatic carbocycles. The first kappa shape index (κ1) is 18.6. The van der Waals surface area contributed by atoms with E-state index in [0.717, 1.165) is 17.5 Å². The van der Waals surface area contributed by atoms with E-state index < -0.39 is 17.5 Å². The van der Waals surface area contributed by atoms with Gasteiger partial charge in [0.2, 0.25) is 0 Å². The zero-order chi connectivity index (χ0) is 19.7. The van der Waals surface area contributed by atoms with Crippen LogP contribution in [0, 0.1) is 17.5 Å². The zero-order valence-corrected chi connectivity index (χ0v) is 15.3. The average Bonchev–Trinajstić information content (AvgIpc) is 3.55. The van der Waals surface area contributed by atoms with Crippen LogP contribution in [0.2, 0.25) is 0 Å². The highest BCUT2D eigenvalue weighted by Gasteiger charge is 2.30. The normalized spacial score (nSPS) is 15.5. The van der Waals surface area contributed by atoms with Crippen molar-refractivity contribution < 1.29 is 22.6 Å². The summed E-state index contributed by atoms with van der Waals surface area (Å²) in [5.74, 6) is -1.95. The minimum atomic E-state index is -0.880. The van der Waals surface area contributed by atoms with Gasteiger partial charge in [0.15, 0.2) is 23.2 Å². The van der Waals surface area contributed by atoms with Gasteiger partial charge in [-0.3, -0.25) is 0 Å². The minimum Gasteiger partial charge on any atom is -0.486 e. The summed E-state index contributed by atoms with van der Waals surface area (Å²) < 4.78 is 53.2. The molecule has 0 amide bonds. The van der Waals surface area contributed by atoms with Gasteiger partial charge in [-0.05, 0) is 35.2 Å². The van der Waals surface area contributed by atoms with E-state index in [2.05, 4.69) is 0 Å². The van der Waals surface area contributed by atoms with Crippen molar-refractivity contribution in [3.05, 3.63) is 88.7 Å². The van der Waals surface area contributed by atoms with Gasteiger partial charge in [-0.2, -0.15) is 0 Å². The fraction of sp³-hybridized carbons (Fsp3) is 0.217. The summed E-state index contributed by atoms with van der Waals surface area (Å²) in [6.07, 6.45) is 0.416. The summed E-state index contributed by atoms with van der Waals surface area (Å²) in [7, 11) is 0. The fourth-order valence-electron chi connectivity index (χ4n) is 3.09. The van der Waals surface area contributed by atoms with Crippen LogP contribution >= 0.6 is 0 Å². The molecule has 28 heavy (non-hydrogen) atoms. The second kappa shape index (κ2) is 7.68. The number of hydrogen-bond acceptors (Lipinski definition) is 2. The predicted molar refractivity (Wildman–Crippen MR) is 101 cm³/mol. The van der Waals surface area contributed by atoms with Crippen molar-refractivity contribution >= 4 is 0 Å². The molecule has 5 heteroatoms. The van der Waals surface area contributed by atoms with Crippen LogP contribution in [0.1, 0.15) is 29.7 Å². The van der Waals surface area contributed by atoms with Gasteiger partial charge in [-0.25, -0.2) is 13.2 Å². The summed E-state index contributed by atoms with van der Waals surface area (Å²) in [5.41, 5.74) is 2.70. The molecule has 1 saturated heterocycles. The van der Waals surface area contributed by atoms with Crippen LogP contribution in [-0.2, 0) is 17.8 Å². The molecule has 0 bridgehead atoms. The third kappa shape index (κ3) is 3.76. The Kier molecular flexibility index (Phi) is 5.09. The monoisotopic (exact) mass is 384 g/mol. The maximum atomic E-state index is 14.4. The first-order valence-corrected chi connectivity index (χ1v) is 9.17. The quantitative estimate of drug-likeness (QED) is 0.488. The lowest BCUT2D eigenvalue weighted by Gasteiger charge is -2.10. The van der Waals surface area contributed by atoms with Gasteiger partial charge in [0.05, 0.1) is 6.61 Å². The summed E-state index contributed by atoms with van der Waals surface area (Å²) in [6.45, 7) is 2.56. The average molecular weight is 384 g/mol. The maximum Gasteiger partial charge on any atom is 0.167 e. The van der Waals surface area contributed by atoms with Gasteiger partial charge in [-0.1, -0.05) is 49.4 Å². The van der Waals surface area contributed by atoms with Crippen molar-refractivity contribution in [2.75, 3.05) is 6.61 Å². The Bertz CT molecular complexity index is 995. The molecule has 0 radical (unpaired) electrons. The number of aryl methyl sites for hydroxylation is 1. The SMILES string of the molecule is CCc1ccc(OCc2ccc(-c3ccc(C4CO4)c(F)c3F)cc2)c(F)c1. The Morgan fingerprint density at radius 2 is 1.64 bits per heavy atom. The molecule has 1 aliphatic rings. The molecule has 1 aliphatic heterocycles. The van der Waals surface area contributed by atoms with Gasteiger partial charge in [0.25, 0.3) is 0 Å². The number of rotatable bonds is 6. The Balaban J connectivity index is 1.48. The van der Waals surface area contributed by atoms with Crippen LogP contribution in [0.15, 0.2) is 54.6 Å². The van der Waals surface area contributed by atoms with Crippen LogP contribution in [0.3, 0.4) is 0 Å². The van der Waals surface area contributed by atoms with Crippen molar-refractivity contribution in [3.63, 3.8) is 0 Å². The summed E-state index contributed by atoms with van der Waals surface area (Å²) in [5, 5.41) is 0. The number of hydrogen-bond donors (Lipinski definition) is 0. The molecule has 144 valence electrons. The van der Waals surface area contributed by atoms with Crippen molar-refractivity contribution in [2.24, 2.45) is 0 Å². The van der Waals surface area contributed by atoms with Gasteiger partial charge in [0, 0.05) is 11.1 Å². The van der Waals surface area contributed by atoms with Crippen LogP contribution in [0.25, 0.3) is 11.1 Å². The number of ether oxygens (including phenoxy) is 2. The first-order chi connectivity index (χ1) is 13.6. The van der Waals surface area contributed by atoms with Crippen molar-refractivity contribution in [3.8, 4) is 16.9 Å². The molecule has 1 heterocycles. The lowest BCUT2D eigenvalue weighted by molar-refractivity contribution is 0.290. The molecule has 1 fully saturated rings. The number of benzene rings is 3. The standard InChI is InChI=1S/C23H19F3O2/c1-2-14-5-10-20(19(24)11-14)27-12-15-3-6-16(7-4-15)17-8-9-18(21-13-28-21)23(26)22(17)25/h3-11,21H,2,12-13H2,1H3. The van der Waals surface area contributed by atoms with E-state index in [1.165, 1.54) is 6.07 Å². The van der Waals surface area contributed by atoms with Crippen LogP contribution < -0.4 is 4.74 Å². The van der Waals surface area contributed by atoms with E-state index in [-0.39, 0.29) is 29.6 Å². The molecule has 2 nitrogen and oxygen atoms in total. The molecule has 4 rings (SSSR count). The first-order valence-electron chi connectivity index (χ1n) is 9.17. The minimum absolute atomic E-state index is 0.178. The van der Waals surface area contributed by atoms with E-state index in [9.17, 15) is 13.2 Å². The van der Waals surface area contributed by atoms with Gasteiger partial charge < -0.3 is 9.47 Å². The third-order valence-corrected chi connectivity index (χ3v) is 4.86. The van der Waals surface area contributed by atoms with Gasteiger partial charge >= 0.3 is 0 Å². The molecule has 3 aromatic rings. The predicted octanol–water partition coefficient (Wildman–Crippen LogP) is 5.98. The highest BCUT2D eigenvalue weighted by atomic mass is 19.2.